The molecule has 0 aliphatic rings. The van der Waals surface area contributed by atoms with E-state index in [-0.39, 0.29) is 0 Å². The normalized spacial score (nSPS) is 12.1. The van der Waals surface area contributed by atoms with Crippen molar-refractivity contribution in [3.63, 3.8) is 0 Å². The number of imidazole rings is 1. The number of hydrogen-bond acceptors (Lipinski definition) is 4. The van der Waals surface area contributed by atoms with E-state index in [2.05, 4.69) is 6.92 Å². The Bertz CT molecular complexity index is 949. The topological polar surface area (TPSA) is 73.6 Å². The summed E-state index contributed by atoms with van der Waals surface area (Å²) in [6, 6.07) is 12.4. The van der Waals surface area contributed by atoms with Crippen molar-refractivity contribution in [1.82, 2.24) is 9.55 Å². The fourth-order valence-electron chi connectivity index (χ4n) is 3.37. The van der Waals surface area contributed by atoms with Crippen LogP contribution in [0.25, 0.3) is 22.4 Å². The molecule has 1 atom stereocenters. The molecule has 3 rings (SSSR count). The smallest absolute Gasteiger partial charge is 0.326 e. The van der Waals surface area contributed by atoms with Crippen molar-refractivity contribution in [2.24, 2.45) is 0 Å². The van der Waals surface area contributed by atoms with Crippen molar-refractivity contribution in [3.05, 3.63) is 42.5 Å². The molecule has 0 amide bonds. The van der Waals surface area contributed by atoms with Gasteiger partial charge >= 0.3 is 5.97 Å². The van der Waals surface area contributed by atoms with Gasteiger partial charge in [0.1, 0.15) is 11.9 Å². The number of aromatic nitrogens is 2. The third-order valence-electron chi connectivity index (χ3n) is 4.67. The predicted molar refractivity (Wildman–Crippen MR) is 104 cm³/mol. The summed E-state index contributed by atoms with van der Waals surface area (Å²) < 4.78 is 12.8. The minimum atomic E-state index is -0.866. The summed E-state index contributed by atoms with van der Waals surface area (Å²) in [6.07, 6.45) is 2.28. The molecule has 6 nitrogen and oxygen atoms in total. The van der Waals surface area contributed by atoms with Crippen molar-refractivity contribution in [2.45, 2.75) is 32.2 Å². The summed E-state index contributed by atoms with van der Waals surface area (Å²) in [7, 11) is 3.14. The minimum Gasteiger partial charge on any atom is -0.493 e. The monoisotopic (exact) mass is 368 g/mol. The van der Waals surface area contributed by atoms with Crippen LogP contribution >= 0.6 is 0 Å². The molecule has 0 saturated heterocycles. The maximum Gasteiger partial charge on any atom is 0.326 e. The maximum absolute atomic E-state index is 12.1. The Hall–Kier alpha value is -3.02. The van der Waals surface area contributed by atoms with E-state index in [0.717, 1.165) is 23.9 Å². The Labute approximate surface area is 158 Å². The number of carbonyl (C=O) groups is 1. The van der Waals surface area contributed by atoms with Crippen LogP contribution < -0.4 is 9.47 Å². The number of hydrogen-bond donors (Lipinski definition) is 1. The Morgan fingerprint density at radius 1 is 1.15 bits per heavy atom. The number of ether oxygens (including phenoxy) is 2. The largest absolute Gasteiger partial charge is 0.493 e. The molecule has 0 aliphatic carbocycles. The highest BCUT2D eigenvalue weighted by Crippen LogP contribution is 2.40. The van der Waals surface area contributed by atoms with Crippen LogP contribution in [0, 0.1) is 0 Å². The number of unbranched alkanes of at least 4 members (excludes halogenated alkanes) is 1. The zero-order valence-corrected chi connectivity index (χ0v) is 15.8. The summed E-state index contributed by atoms with van der Waals surface area (Å²) in [5.41, 5.74) is 2.25. The number of para-hydroxylation sites is 3. The van der Waals surface area contributed by atoms with Crippen LogP contribution in [0.4, 0.5) is 0 Å². The van der Waals surface area contributed by atoms with Crippen LogP contribution in [0.1, 0.15) is 32.2 Å². The van der Waals surface area contributed by atoms with Crippen LogP contribution in [-0.4, -0.2) is 34.8 Å². The van der Waals surface area contributed by atoms with Gasteiger partial charge in [0, 0.05) is 0 Å². The standard InChI is InChI=1S/C21H24N2O4/c1-4-5-11-17(21(24)25)23-16-12-7-6-10-15(16)22-20(23)14-9-8-13-18(26-2)19(14)27-3/h6-10,12-13,17H,4-5,11H2,1-3H3,(H,24,25). The Morgan fingerprint density at radius 3 is 2.59 bits per heavy atom. The lowest BCUT2D eigenvalue weighted by molar-refractivity contribution is -0.141. The lowest BCUT2D eigenvalue weighted by atomic mass is 10.1. The van der Waals surface area contributed by atoms with Crippen molar-refractivity contribution < 1.29 is 19.4 Å². The lowest BCUT2D eigenvalue weighted by Gasteiger charge is -2.19. The van der Waals surface area contributed by atoms with Gasteiger partial charge in [0.15, 0.2) is 11.5 Å². The summed E-state index contributed by atoms with van der Waals surface area (Å²) in [5, 5.41) is 9.93. The molecular formula is C21H24N2O4. The summed E-state index contributed by atoms with van der Waals surface area (Å²) in [5.74, 6) is 0.815. The predicted octanol–water partition coefficient (Wildman–Crippen LogP) is 4.54. The number of carboxylic acid groups (broad SMARTS) is 1. The first kappa shape index (κ1) is 18.8. The van der Waals surface area contributed by atoms with Gasteiger partial charge in [0.2, 0.25) is 0 Å². The molecule has 0 saturated carbocycles. The molecule has 1 aromatic heterocycles. The molecule has 1 unspecified atom stereocenters. The summed E-state index contributed by atoms with van der Waals surface area (Å²) in [6.45, 7) is 2.05. The van der Waals surface area contributed by atoms with E-state index in [1.54, 1.807) is 20.3 Å². The third-order valence-corrected chi connectivity index (χ3v) is 4.67. The fourth-order valence-corrected chi connectivity index (χ4v) is 3.37. The maximum atomic E-state index is 12.1. The Balaban J connectivity index is 2.30. The highest BCUT2D eigenvalue weighted by Gasteiger charge is 2.27. The number of nitrogens with zero attached hydrogens (tertiary/aromatic N) is 2. The van der Waals surface area contributed by atoms with Gasteiger partial charge in [0.25, 0.3) is 0 Å². The second kappa shape index (κ2) is 8.12. The molecule has 142 valence electrons. The third kappa shape index (κ3) is 3.47. The fraction of sp³-hybridized carbons (Fsp3) is 0.333. The van der Waals surface area contributed by atoms with Crippen LogP contribution in [0.2, 0.25) is 0 Å². The van der Waals surface area contributed by atoms with Crippen molar-refractivity contribution in [3.8, 4) is 22.9 Å². The lowest BCUT2D eigenvalue weighted by Crippen LogP contribution is -2.20. The van der Waals surface area contributed by atoms with E-state index >= 15 is 0 Å². The van der Waals surface area contributed by atoms with E-state index in [1.807, 2.05) is 41.0 Å². The number of rotatable bonds is 8. The molecule has 3 aromatic rings. The molecule has 1 heterocycles. The van der Waals surface area contributed by atoms with Crippen LogP contribution in [0.15, 0.2) is 42.5 Å². The Kier molecular flexibility index (Phi) is 5.64. The van der Waals surface area contributed by atoms with Gasteiger partial charge < -0.3 is 19.1 Å². The van der Waals surface area contributed by atoms with Crippen LogP contribution in [0.5, 0.6) is 11.5 Å². The van der Waals surface area contributed by atoms with Gasteiger partial charge in [-0.05, 0) is 30.7 Å². The number of aliphatic carboxylic acids is 1. The second-order valence-electron chi connectivity index (χ2n) is 6.33. The SMILES string of the molecule is CCCCC(C(=O)O)n1c(-c2cccc(OC)c2OC)nc2ccccc21. The number of benzene rings is 2. The van der Waals surface area contributed by atoms with Crippen molar-refractivity contribution in [1.29, 1.82) is 0 Å². The zero-order chi connectivity index (χ0) is 19.4. The second-order valence-corrected chi connectivity index (χ2v) is 6.33. The van der Waals surface area contributed by atoms with Crippen molar-refractivity contribution in [2.75, 3.05) is 14.2 Å². The molecule has 0 radical (unpaired) electrons. The molecule has 2 aromatic carbocycles. The highest BCUT2D eigenvalue weighted by molar-refractivity contribution is 5.86. The molecule has 6 heteroatoms. The molecular weight excluding hydrogens is 344 g/mol. The van der Waals surface area contributed by atoms with Crippen molar-refractivity contribution >= 4 is 17.0 Å². The first-order chi connectivity index (χ1) is 13.1. The minimum absolute atomic E-state index is 0.533. The number of carboxylic acids is 1. The van der Waals surface area contributed by atoms with Crippen LogP contribution in [-0.2, 0) is 4.79 Å². The van der Waals surface area contributed by atoms with Gasteiger partial charge in [-0.3, -0.25) is 0 Å². The molecule has 0 aliphatic heterocycles. The van der Waals surface area contributed by atoms with Gasteiger partial charge in [-0.15, -0.1) is 0 Å². The van der Waals surface area contributed by atoms with Gasteiger partial charge in [-0.2, -0.15) is 0 Å². The molecule has 0 fully saturated rings. The van der Waals surface area contributed by atoms with E-state index in [9.17, 15) is 9.90 Å². The molecule has 27 heavy (non-hydrogen) atoms. The van der Waals surface area contributed by atoms with E-state index < -0.39 is 12.0 Å². The van der Waals surface area contributed by atoms with Gasteiger partial charge in [0.05, 0.1) is 30.8 Å². The quantitative estimate of drug-likeness (QED) is 0.632. The first-order valence-corrected chi connectivity index (χ1v) is 9.03. The summed E-state index contributed by atoms with van der Waals surface area (Å²) >= 11 is 0. The average molecular weight is 368 g/mol. The molecule has 0 bridgehead atoms. The zero-order valence-electron chi connectivity index (χ0n) is 15.8. The number of methoxy groups -OCH3 is 2. The van der Waals surface area contributed by atoms with E-state index in [0.29, 0.717) is 29.3 Å². The van der Waals surface area contributed by atoms with Crippen LogP contribution in [0.3, 0.4) is 0 Å². The number of fused-ring (bicyclic) bond motifs is 1. The molecule has 0 spiro atoms. The Morgan fingerprint density at radius 2 is 1.93 bits per heavy atom. The average Bonchev–Trinajstić information content (AvgIpc) is 3.06. The first-order valence-electron chi connectivity index (χ1n) is 9.03. The highest BCUT2D eigenvalue weighted by atomic mass is 16.5. The molecule has 1 N–H and O–H groups in total. The van der Waals surface area contributed by atoms with Gasteiger partial charge in [-0.1, -0.05) is 38.0 Å². The van der Waals surface area contributed by atoms with Gasteiger partial charge in [-0.25, -0.2) is 9.78 Å². The van der Waals surface area contributed by atoms with E-state index in [4.69, 9.17) is 14.5 Å². The summed E-state index contributed by atoms with van der Waals surface area (Å²) in [4.78, 5) is 16.8. The van der Waals surface area contributed by atoms with E-state index in [1.165, 1.54) is 0 Å².